The molecule has 0 spiro atoms. The lowest BCUT2D eigenvalue weighted by atomic mass is 9.98. The average molecular weight is 522 g/mol. The summed E-state index contributed by atoms with van der Waals surface area (Å²) in [7, 11) is -1.53. The molecule has 2 aromatic heterocycles. The van der Waals surface area contributed by atoms with Gasteiger partial charge in [0.05, 0.1) is 15.6 Å². The molecule has 0 atom stereocenters. The highest BCUT2D eigenvalue weighted by Gasteiger charge is 2.28. The van der Waals surface area contributed by atoms with E-state index in [2.05, 4.69) is 48.8 Å². The summed E-state index contributed by atoms with van der Waals surface area (Å²) in [4.78, 5) is 7.27. The average Bonchev–Trinajstić information content (AvgIpc) is 3.65. The third-order valence-corrected chi connectivity index (χ3v) is 8.85. The highest BCUT2D eigenvalue weighted by molar-refractivity contribution is 7.89. The van der Waals surface area contributed by atoms with Gasteiger partial charge in [-0.2, -0.15) is 0 Å². The van der Waals surface area contributed by atoms with E-state index in [0.29, 0.717) is 5.02 Å². The van der Waals surface area contributed by atoms with Crippen molar-refractivity contribution in [3.63, 3.8) is 0 Å². The van der Waals surface area contributed by atoms with Gasteiger partial charge in [0.1, 0.15) is 5.65 Å². The van der Waals surface area contributed by atoms with Crippen molar-refractivity contribution >= 4 is 38.3 Å². The van der Waals surface area contributed by atoms with Crippen LogP contribution in [0, 0.1) is 0 Å². The van der Waals surface area contributed by atoms with Gasteiger partial charge in [-0.1, -0.05) is 35.9 Å². The van der Waals surface area contributed by atoms with Crippen molar-refractivity contribution in [2.75, 3.05) is 31.1 Å². The molecule has 0 amide bonds. The fourth-order valence-electron chi connectivity index (χ4n) is 4.97. The molecular formula is C27H28ClN5O2S. The lowest BCUT2D eigenvalue weighted by Crippen LogP contribution is -2.43. The molecule has 1 saturated heterocycles. The van der Waals surface area contributed by atoms with E-state index in [-0.39, 0.29) is 10.9 Å². The molecule has 0 unspecified atom stereocenters. The Balaban J connectivity index is 1.45. The van der Waals surface area contributed by atoms with Crippen LogP contribution in [0.2, 0.25) is 5.02 Å². The number of fused-ring (bicyclic) bond motifs is 1. The summed E-state index contributed by atoms with van der Waals surface area (Å²) in [6.45, 7) is 3.95. The van der Waals surface area contributed by atoms with E-state index >= 15 is 0 Å². The largest absolute Gasteiger partial charge is 0.369 e. The van der Waals surface area contributed by atoms with Crippen LogP contribution in [0.25, 0.3) is 33.4 Å². The van der Waals surface area contributed by atoms with Crippen molar-refractivity contribution in [3.05, 3.63) is 65.8 Å². The predicted octanol–water partition coefficient (Wildman–Crippen LogP) is 4.41. The minimum Gasteiger partial charge on any atom is -0.369 e. The number of halogens is 1. The molecule has 2 aromatic carbocycles. The van der Waals surface area contributed by atoms with Gasteiger partial charge in [-0.15, -0.1) is 0 Å². The monoisotopic (exact) mass is 521 g/mol. The minimum absolute atomic E-state index is 0.0633. The Labute approximate surface area is 216 Å². The zero-order valence-corrected chi connectivity index (χ0v) is 21.6. The smallest absolute Gasteiger partial charge is 0.240 e. The summed E-state index contributed by atoms with van der Waals surface area (Å²) >= 11 is 6.71. The fourth-order valence-corrected chi connectivity index (χ4v) is 6.51. The van der Waals surface area contributed by atoms with Crippen molar-refractivity contribution in [2.45, 2.75) is 23.8 Å². The molecule has 6 rings (SSSR count). The molecule has 4 aromatic rings. The topological polar surface area (TPSA) is 79.3 Å². The summed E-state index contributed by atoms with van der Waals surface area (Å²) in [6.07, 6.45) is 3.51. The molecule has 2 fully saturated rings. The van der Waals surface area contributed by atoms with Crippen LogP contribution in [0.3, 0.4) is 0 Å². The highest BCUT2D eigenvalue weighted by atomic mass is 35.5. The van der Waals surface area contributed by atoms with Gasteiger partial charge in [-0.05, 0) is 54.3 Å². The zero-order chi connectivity index (χ0) is 24.9. The number of hydrogen-bond acceptors (Lipinski definition) is 5. The number of aromatic nitrogens is 2. The van der Waals surface area contributed by atoms with Gasteiger partial charge in [0.15, 0.2) is 0 Å². The van der Waals surface area contributed by atoms with Crippen molar-refractivity contribution in [1.29, 1.82) is 0 Å². The number of pyridine rings is 1. The van der Waals surface area contributed by atoms with Crippen molar-refractivity contribution in [2.24, 2.45) is 7.05 Å². The highest BCUT2D eigenvalue weighted by Crippen LogP contribution is 2.43. The Hall–Kier alpha value is -2.91. The van der Waals surface area contributed by atoms with Crippen LogP contribution in [-0.2, 0) is 17.1 Å². The third kappa shape index (κ3) is 4.28. The Bertz CT molecular complexity index is 1520. The first-order chi connectivity index (χ1) is 17.4. The van der Waals surface area contributed by atoms with Crippen LogP contribution in [-0.4, -0.2) is 50.2 Å². The predicted molar refractivity (Wildman–Crippen MR) is 145 cm³/mol. The second-order valence-corrected chi connectivity index (χ2v) is 11.6. The van der Waals surface area contributed by atoms with E-state index in [4.69, 9.17) is 11.6 Å². The Kier molecular flexibility index (Phi) is 6.00. The molecule has 36 heavy (non-hydrogen) atoms. The number of sulfonamides is 1. The normalized spacial score (nSPS) is 16.6. The third-order valence-electron chi connectivity index (χ3n) is 7.00. The molecule has 186 valence electrons. The fraction of sp³-hybridized carbons (Fsp3) is 0.296. The van der Waals surface area contributed by atoms with E-state index < -0.39 is 10.0 Å². The van der Waals surface area contributed by atoms with Crippen molar-refractivity contribution < 1.29 is 8.42 Å². The molecule has 0 bridgehead atoms. The first-order valence-electron chi connectivity index (χ1n) is 12.2. The molecule has 7 nitrogen and oxygen atoms in total. The number of benzene rings is 2. The van der Waals surface area contributed by atoms with Crippen molar-refractivity contribution in [1.82, 2.24) is 19.6 Å². The molecule has 9 heteroatoms. The first kappa shape index (κ1) is 23.5. The maximum Gasteiger partial charge on any atom is 0.240 e. The zero-order valence-electron chi connectivity index (χ0n) is 20.0. The van der Waals surface area contributed by atoms with Crippen LogP contribution in [0.1, 0.15) is 12.8 Å². The molecule has 2 N–H and O–H groups in total. The Morgan fingerprint density at radius 1 is 0.972 bits per heavy atom. The molecule has 3 heterocycles. The maximum atomic E-state index is 12.7. The summed E-state index contributed by atoms with van der Waals surface area (Å²) in [5.74, 6) is 0. The SMILES string of the molecule is Cn1c(-c2ccc(N3CCNCC3)cc2)c(-c2ccc(S(=O)(=O)NC3CC3)cc2)c2c(Cl)ccnc21. The van der Waals surface area contributed by atoms with E-state index in [1.807, 2.05) is 19.2 Å². The summed E-state index contributed by atoms with van der Waals surface area (Å²) < 4.78 is 30.2. The van der Waals surface area contributed by atoms with E-state index in [1.54, 1.807) is 24.4 Å². The lowest BCUT2D eigenvalue weighted by Gasteiger charge is -2.29. The van der Waals surface area contributed by atoms with Crippen LogP contribution >= 0.6 is 11.6 Å². The lowest BCUT2D eigenvalue weighted by molar-refractivity contribution is 0.581. The van der Waals surface area contributed by atoms with Crippen LogP contribution in [0.15, 0.2) is 65.7 Å². The standard InChI is InChI=1S/C27H28ClN5O2S/c1-32-26(19-2-8-21(9-3-19)33-16-14-29-15-17-33)24(25-23(28)12-13-30-27(25)32)18-4-10-22(11-5-18)36(34,35)31-20-6-7-20/h2-5,8-13,20,29,31H,6-7,14-17H2,1H3. The Morgan fingerprint density at radius 2 is 1.64 bits per heavy atom. The minimum atomic E-state index is -3.52. The van der Waals surface area contributed by atoms with Gasteiger partial charge in [-0.3, -0.25) is 0 Å². The molecule has 2 aliphatic rings. The van der Waals surface area contributed by atoms with Gasteiger partial charge in [0, 0.05) is 62.1 Å². The van der Waals surface area contributed by atoms with Crippen LogP contribution < -0.4 is 14.9 Å². The number of hydrogen-bond donors (Lipinski definition) is 2. The van der Waals surface area contributed by atoms with Gasteiger partial charge < -0.3 is 14.8 Å². The van der Waals surface area contributed by atoms with Crippen LogP contribution in [0.4, 0.5) is 5.69 Å². The second kappa shape index (κ2) is 9.19. The first-order valence-corrected chi connectivity index (χ1v) is 14.1. The molecule has 1 aliphatic carbocycles. The molecule has 1 aliphatic heterocycles. The molecule has 1 saturated carbocycles. The summed E-state index contributed by atoms with van der Waals surface area (Å²) in [5.41, 5.74) is 5.86. The van der Waals surface area contributed by atoms with E-state index in [1.165, 1.54) is 5.69 Å². The van der Waals surface area contributed by atoms with E-state index in [0.717, 1.165) is 72.4 Å². The van der Waals surface area contributed by atoms with Gasteiger partial charge in [0.2, 0.25) is 10.0 Å². The number of rotatable bonds is 6. The number of nitrogens with zero attached hydrogens (tertiary/aromatic N) is 3. The number of nitrogens with one attached hydrogen (secondary N) is 2. The second-order valence-electron chi connectivity index (χ2n) is 9.48. The van der Waals surface area contributed by atoms with E-state index in [9.17, 15) is 8.42 Å². The quantitative estimate of drug-likeness (QED) is 0.393. The number of piperazine rings is 1. The van der Waals surface area contributed by atoms with Crippen molar-refractivity contribution in [3.8, 4) is 22.4 Å². The number of anilines is 1. The molecule has 0 radical (unpaired) electrons. The van der Waals surface area contributed by atoms with Gasteiger partial charge in [-0.25, -0.2) is 18.1 Å². The molecular weight excluding hydrogens is 494 g/mol. The van der Waals surface area contributed by atoms with Gasteiger partial charge >= 0.3 is 0 Å². The number of aryl methyl sites for hydroxylation is 1. The van der Waals surface area contributed by atoms with Gasteiger partial charge in [0.25, 0.3) is 0 Å². The summed E-state index contributed by atoms with van der Waals surface area (Å²) in [5, 5.41) is 4.86. The Morgan fingerprint density at radius 3 is 2.31 bits per heavy atom. The summed E-state index contributed by atoms with van der Waals surface area (Å²) in [6, 6.07) is 17.5. The maximum absolute atomic E-state index is 12.7. The van der Waals surface area contributed by atoms with Crippen LogP contribution in [0.5, 0.6) is 0 Å².